The van der Waals surface area contributed by atoms with Crippen molar-refractivity contribution in [1.29, 1.82) is 0 Å². The van der Waals surface area contributed by atoms with Gasteiger partial charge in [0.1, 0.15) is 23.1 Å². The molecule has 24 heavy (non-hydrogen) atoms. The normalized spacial score (nSPS) is 17.3. The van der Waals surface area contributed by atoms with Crippen LogP contribution < -0.4 is 10.2 Å². The Morgan fingerprint density at radius 3 is 2.62 bits per heavy atom. The van der Waals surface area contributed by atoms with Crippen molar-refractivity contribution in [1.82, 2.24) is 15.3 Å². The Morgan fingerprint density at radius 1 is 1.25 bits per heavy atom. The number of fused-ring (bicyclic) bond motifs is 1. The summed E-state index contributed by atoms with van der Waals surface area (Å²) < 4.78 is 39.0. The second-order valence-electron chi connectivity index (χ2n) is 4.91. The predicted octanol–water partition coefficient (Wildman–Crippen LogP) is 1.59. The Kier molecular flexibility index (Phi) is 3.76. The fourth-order valence-corrected chi connectivity index (χ4v) is 2.33. The van der Waals surface area contributed by atoms with Crippen LogP contribution in [0.2, 0.25) is 0 Å². The molecule has 1 aliphatic rings. The Hall–Kier alpha value is -2.88. The minimum Gasteiger partial charge on any atom is -0.506 e. The molecule has 0 bridgehead atoms. The van der Waals surface area contributed by atoms with Gasteiger partial charge in [0.25, 0.3) is 0 Å². The number of hydrogen-bond donors (Lipinski definition) is 3. The van der Waals surface area contributed by atoms with Crippen LogP contribution in [-0.4, -0.2) is 39.4 Å². The largest absolute Gasteiger partial charge is 0.506 e. The molecule has 1 aliphatic heterocycles. The first kappa shape index (κ1) is 16.0. The van der Waals surface area contributed by atoms with Crippen LogP contribution in [0, 0.1) is 0 Å². The number of nitrogens with zero attached hydrogens (tertiary/aromatic N) is 4. The van der Waals surface area contributed by atoms with E-state index in [2.05, 4.69) is 20.3 Å². The quantitative estimate of drug-likeness (QED) is 0.731. The van der Waals surface area contributed by atoms with Gasteiger partial charge < -0.3 is 15.5 Å². The third kappa shape index (κ3) is 2.71. The van der Waals surface area contributed by atoms with Crippen LogP contribution in [0.25, 0.3) is 0 Å². The summed E-state index contributed by atoms with van der Waals surface area (Å²) in [7, 11) is 1.53. The first-order valence-electron chi connectivity index (χ1n) is 6.76. The van der Waals surface area contributed by atoms with Crippen molar-refractivity contribution in [2.24, 2.45) is 4.99 Å². The zero-order chi connectivity index (χ0) is 17.5. The number of halogens is 3. The van der Waals surface area contributed by atoms with E-state index in [0.717, 1.165) is 17.2 Å². The standard InChI is InChI=1S/C14H12F3N5O2/c1-18-11-9-2-3-10(14(15,16)17)20-12(9)22(13(24)21-11)7-4-8(23)6-19-5-7/h2-6,13,23-24H,1H3,(H,18,21). The second kappa shape index (κ2) is 5.64. The highest BCUT2D eigenvalue weighted by molar-refractivity contribution is 6.05. The van der Waals surface area contributed by atoms with Gasteiger partial charge in [-0.25, -0.2) is 9.98 Å². The number of aliphatic hydroxyl groups excluding tert-OH is 1. The van der Waals surface area contributed by atoms with Crippen molar-refractivity contribution >= 4 is 17.3 Å². The first-order chi connectivity index (χ1) is 11.3. The smallest absolute Gasteiger partial charge is 0.433 e. The molecular formula is C14H12F3N5O2. The van der Waals surface area contributed by atoms with Gasteiger partial charge in [0, 0.05) is 13.1 Å². The minimum atomic E-state index is -4.64. The number of amidine groups is 1. The molecule has 0 spiro atoms. The molecule has 1 unspecified atom stereocenters. The number of alkyl halides is 3. The lowest BCUT2D eigenvalue weighted by Crippen LogP contribution is -2.39. The third-order valence-electron chi connectivity index (χ3n) is 3.35. The van der Waals surface area contributed by atoms with E-state index < -0.39 is 18.2 Å². The molecule has 3 heterocycles. The van der Waals surface area contributed by atoms with Gasteiger partial charge in [-0.2, -0.15) is 13.2 Å². The van der Waals surface area contributed by atoms with E-state index in [-0.39, 0.29) is 28.7 Å². The number of aromatic nitrogens is 2. The lowest BCUT2D eigenvalue weighted by Gasteiger charge is -2.32. The van der Waals surface area contributed by atoms with Gasteiger partial charge in [0.05, 0.1) is 23.6 Å². The number of pyridine rings is 2. The summed E-state index contributed by atoms with van der Waals surface area (Å²) in [5, 5.41) is 22.5. The van der Waals surface area contributed by atoms with Crippen molar-refractivity contribution in [3.8, 4) is 5.75 Å². The van der Waals surface area contributed by atoms with Crippen molar-refractivity contribution in [2.75, 3.05) is 11.9 Å². The van der Waals surface area contributed by atoms with E-state index >= 15 is 0 Å². The number of hydrogen-bond acceptors (Lipinski definition) is 7. The van der Waals surface area contributed by atoms with Crippen LogP contribution in [0.1, 0.15) is 11.3 Å². The van der Waals surface area contributed by atoms with E-state index in [1.807, 2.05) is 0 Å². The van der Waals surface area contributed by atoms with Crippen LogP contribution in [0.4, 0.5) is 24.7 Å². The highest BCUT2D eigenvalue weighted by atomic mass is 19.4. The molecule has 0 saturated heterocycles. The summed E-state index contributed by atoms with van der Waals surface area (Å²) in [6, 6.07) is 3.29. The van der Waals surface area contributed by atoms with Crippen LogP contribution in [0.3, 0.4) is 0 Å². The summed E-state index contributed by atoms with van der Waals surface area (Å²) in [6.07, 6.45) is -3.74. The fourth-order valence-electron chi connectivity index (χ4n) is 2.33. The van der Waals surface area contributed by atoms with E-state index in [1.54, 1.807) is 0 Å². The van der Waals surface area contributed by atoms with Crippen molar-refractivity contribution < 1.29 is 23.4 Å². The molecule has 3 N–H and O–H groups in total. The first-order valence-corrected chi connectivity index (χ1v) is 6.76. The molecule has 0 aromatic carbocycles. The Labute approximate surface area is 134 Å². The van der Waals surface area contributed by atoms with Gasteiger partial charge in [-0.15, -0.1) is 0 Å². The van der Waals surface area contributed by atoms with Crippen LogP contribution in [0.15, 0.2) is 35.6 Å². The number of rotatable bonds is 1. The third-order valence-corrected chi connectivity index (χ3v) is 3.35. The molecule has 0 amide bonds. The maximum atomic E-state index is 13.0. The number of anilines is 2. The molecule has 0 radical (unpaired) electrons. The molecule has 2 aromatic heterocycles. The van der Waals surface area contributed by atoms with Crippen LogP contribution >= 0.6 is 0 Å². The Bertz CT molecular complexity index is 809. The molecule has 2 aromatic rings. The molecule has 3 rings (SSSR count). The zero-order valence-corrected chi connectivity index (χ0v) is 12.3. The monoisotopic (exact) mass is 339 g/mol. The molecule has 0 saturated carbocycles. The molecule has 126 valence electrons. The average Bonchev–Trinajstić information content (AvgIpc) is 2.52. The zero-order valence-electron chi connectivity index (χ0n) is 12.3. The van der Waals surface area contributed by atoms with Gasteiger partial charge in [-0.05, 0) is 12.1 Å². The molecule has 10 heteroatoms. The van der Waals surface area contributed by atoms with Gasteiger partial charge in [0.15, 0.2) is 0 Å². The SMILES string of the molecule is CNC1=NC(O)N(c2cncc(O)c2)c2nc(C(F)(F)F)ccc21. The van der Waals surface area contributed by atoms with E-state index in [4.69, 9.17) is 0 Å². The van der Waals surface area contributed by atoms with E-state index in [0.29, 0.717) is 0 Å². The lowest BCUT2D eigenvalue weighted by atomic mass is 10.1. The average molecular weight is 339 g/mol. The van der Waals surface area contributed by atoms with E-state index in [9.17, 15) is 23.4 Å². The van der Waals surface area contributed by atoms with Gasteiger partial charge in [-0.3, -0.25) is 9.88 Å². The minimum absolute atomic E-state index is 0.148. The highest BCUT2D eigenvalue weighted by Crippen LogP contribution is 2.36. The maximum Gasteiger partial charge on any atom is 0.433 e. The van der Waals surface area contributed by atoms with Crippen molar-refractivity contribution in [3.63, 3.8) is 0 Å². The predicted molar refractivity (Wildman–Crippen MR) is 78.9 cm³/mol. The second-order valence-corrected chi connectivity index (χ2v) is 4.91. The summed E-state index contributed by atoms with van der Waals surface area (Å²) in [5.74, 6) is -0.163. The number of aliphatic imine (C=N–C) groups is 1. The highest BCUT2D eigenvalue weighted by Gasteiger charge is 2.36. The topological polar surface area (TPSA) is 93.9 Å². The van der Waals surface area contributed by atoms with Gasteiger partial charge in [0.2, 0.25) is 6.35 Å². The molecule has 1 atom stereocenters. The summed E-state index contributed by atoms with van der Waals surface area (Å²) in [5.41, 5.74) is -0.683. The fraction of sp³-hybridized carbons (Fsp3) is 0.214. The lowest BCUT2D eigenvalue weighted by molar-refractivity contribution is -0.141. The summed E-state index contributed by atoms with van der Waals surface area (Å²) >= 11 is 0. The molecular weight excluding hydrogens is 327 g/mol. The van der Waals surface area contributed by atoms with E-state index in [1.165, 1.54) is 25.4 Å². The van der Waals surface area contributed by atoms with Gasteiger partial charge in [-0.1, -0.05) is 0 Å². The maximum absolute atomic E-state index is 13.0. The molecule has 0 aliphatic carbocycles. The van der Waals surface area contributed by atoms with Crippen LogP contribution in [0.5, 0.6) is 5.75 Å². The number of aliphatic hydroxyl groups is 1. The molecule has 7 nitrogen and oxygen atoms in total. The van der Waals surface area contributed by atoms with Crippen molar-refractivity contribution in [3.05, 3.63) is 41.9 Å². The molecule has 0 fully saturated rings. The van der Waals surface area contributed by atoms with Gasteiger partial charge >= 0.3 is 6.18 Å². The van der Waals surface area contributed by atoms with Crippen molar-refractivity contribution in [2.45, 2.75) is 12.5 Å². The summed E-state index contributed by atoms with van der Waals surface area (Å²) in [6.45, 7) is 0. The van der Waals surface area contributed by atoms with Crippen LogP contribution in [-0.2, 0) is 6.18 Å². The Balaban J connectivity index is 2.21. The summed E-state index contributed by atoms with van der Waals surface area (Å²) in [4.78, 5) is 12.4. The number of aromatic hydroxyl groups is 1. The Morgan fingerprint density at radius 2 is 2.00 bits per heavy atom. The number of nitrogens with one attached hydrogen (secondary N) is 1.